The Kier molecular flexibility index (Phi) is 7.00. The Morgan fingerprint density at radius 3 is 2.65 bits per heavy atom. The predicted octanol–water partition coefficient (Wildman–Crippen LogP) is 4.88. The fourth-order valence-electron chi connectivity index (χ4n) is 2.29. The van der Waals surface area contributed by atoms with Crippen molar-refractivity contribution in [2.75, 3.05) is 6.54 Å². The Balaban J connectivity index is 1.70. The second kappa shape index (κ2) is 8.99. The third-order valence-electron chi connectivity index (χ3n) is 3.52. The van der Waals surface area contributed by atoms with E-state index in [0.29, 0.717) is 11.6 Å². The third kappa shape index (κ3) is 6.28. The molecule has 0 aliphatic carbocycles. The third-order valence-corrected chi connectivity index (χ3v) is 4.88. The fraction of sp³-hybridized carbons (Fsp3) is 0.316. The molecule has 0 aromatic heterocycles. The van der Waals surface area contributed by atoms with Crippen LogP contribution in [-0.4, -0.2) is 17.7 Å². The van der Waals surface area contributed by atoms with Crippen LogP contribution in [0, 0.1) is 6.92 Å². The Hall–Kier alpha value is -1.45. The van der Waals surface area contributed by atoms with Crippen molar-refractivity contribution in [2.24, 2.45) is 0 Å². The van der Waals surface area contributed by atoms with E-state index in [0.717, 1.165) is 17.7 Å². The molecule has 0 saturated carbocycles. The van der Waals surface area contributed by atoms with Crippen LogP contribution < -0.4 is 5.32 Å². The molecule has 2 aromatic carbocycles. The van der Waals surface area contributed by atoms with Gasteiger partial charge in [0.05, 0.1) is 5.25 Å². The number of hydrogen-bond donors (Lipinski definition) is 1. The molecule has 1 atom stereocenters. The summed E-state index contributed by atoms with van der Waals surface area (Å²) in [4.78, 5) is 13.2. The zero-order valence-corrected chi connectivity index (χ0v) is 15.1. The summed E-state index contributed by atoms with van der Waals surface area (Å²) in [6.45, 7) is 4.73. The first-order valence-corrected chi connectivity index (χ1v) is 9.06. The van der Waals surface area contributed by atoms with Crippen molar-refractivity contribution in [2.45, 2.75) is 36.8 Å². The number of rotatable bonds is 7. The Bertz CT molecular complexity index is 642. The predicted molar refractivity (Wildman–Crippen MR) is 99.3 cm³/mol. The van der Waals surface area contributed by atoms with E-state index in [-0.39, 0.29) is 11.2 Å². The maximum atomic E-state index is 12.1. The molecule has 2 aromatic rings. The summed E-state index contributed by atoms with van der Waals surface area (Å²) in [6, 6.07) is 16.1. The van der Waals surface area contributed by atoms with Crippen molar-refractivity contribution >= 4 is 29.3 Å². The summed E-state index contributed by atoms with van der Waals surface area (Å²) in [5, 5.41) is 3.61. The highest BCUT2D eigenvalue weighted by atomic mass is 35.5. The van der Waals surface area contributed by atoms with Crippen molar-refractivity contribution in [1.82, 2.24) is 5.32 Å². The van der Waals surface area contributed by atoms with E-state index in [1.165, 1.54) is 11.1 Å². The molecule has 4 heteroatoms. The summed E-state index contributed by atoms with van der Waals surface area (Å²) in [7, 11) is 0. The van der Waals surface area contributed by atoms with Gasteiger partial charge >= 0.3 is 0 Å². The van der Waals surface area contributed by atoms with Gasteiger partial charge in [0.1, 0.15) is 0 Å². The summed E-state index contributed by atoms with van der Waals surface area (Å²) < 4.78 is 0. The molecule has 0 aliphatic rings. The van der Waals surface area contributed by atoms with Crippen LogP contribution in [0.25, 0.3) is 0 Å². The molecule has 2 nitrogen and oxygen atoms in total. The lowest BCUT2D eigenvalue weighted by atomic mass is 10.1. The number of carbonyl (C=O) groups excluding carboxylic acids is 1. The van der Waals surface area contributed by atoms with Gasteiger partial charge in [-0.05, 0) is 56.5 Å². The molecule has 1 amide bonds. The second-order valence-corrected chi connectivity index (χ2v) is 7.45. The molecule has 0 aliphatic heterocycles. The smallest absolute Gasteiger partial charge is 0.233 e. The van der Waals surface area contributed by atoms with Crippen LogP contribution >= 0.6 is 23.4 Å². The Morgan fingerprint density at radius 2 is 1.96 bits per heavy atom. The number of carbonyl (C=O) groups is 1. The number of amides is 1. The Morgan fingerprint density at radius 1 is 1.22 bits per heavy atom. The van der Waals surface area contributed by atoms with E-state index in [9.17, 15) is 4.79 Å². The quantitative estimate of drug-likeness (QED) is 0.571. The minimum Gasteiger partial charge on any atom is -0.355 e. The van der Waals surface area contributed by atoms with Gasteiger partial charge in [0, 0.05) is 16.5 Å². The minimum atomic E-state index is -0.116. The van der Waals surface area contributed by atoms with Crippen molar-refractivity contribution < 1.29 is 4.79 Å². The van der Waals surface area contributed by atoms with Crippen LogP contribution in [0.4, 0.5) is 0 Å². The molecule has 0 spiro atoms. The summed E-state index contributed by atoms with van der Waals surface area (Å²) in [6.07, 6.45) is 1.94. The van der Waals surface area contributed by atoms with E-state index in [2.05, 4.69) is 36.5 Å². The van der Waals surface area contributed by atoms with Crippen molar-refractivity contribution in [3.63, 3.8) is 0 Å². The summed E-state index contributed by atoms with van der Waals surface area (Å²) >= 11 is 7.41. The molecule has 0 fully saturated rings. The van der Waals surface area contributed by atoms with Gasteiger partial charge in [-0.1, -0.05) is 41.4 Å². The van der Waals surface area contributed by atoms with Crippen LogP contribution in [0.5, 0.6) is 0 Å². The number of nitrogens with one attached hydrogen (secondary N) is 1. The number of aryl methyl sites for hydroxylation is 2. The van der Waals surface area contributed by atoms with Crippen LogP contribution in [-0.2, 0) is 11.2 Å². The van der Waals surface area contributed by atoms with E-state index >= 15 is 0 Å². The monoisotopic (exact) mass is 347 g/mol. The van der Waals surface area contributed by atoms with Gasteiger partial charge < -0.3 is 5.32 Å². The largest absolute Gasteiger partial charge is 0.355 e. The molecule has 0 heterocycles. The molecule has 1 N–H and O–H groups in total. The first-order valence-electron chi connectivity index (χ1n) is 7.80. The fourth-order valence-corrected chi connectivity index (χ4v) is 3.30. The average Bonchev–Trinajstić information content (AvgIpc) is 2.53. The van der Waals surface area contributed by atoms with Gasteiger partial charge in [-0.3, -0.25) is 4.79 Å². The molecular formula is C19H22ClNOS. The highest BCUT2D eigenvalue weighted by Crippen LogP contribution is 2.24. The van der Waals surface area contributed by atoms with Gasteiger partial charge in [0.2, 0.25) is 5.91 Å². The van der Waals surface area contributed by atoms with Gasteiger partial charge in [-0.25, -0.2) is 0 Å². The zero-order valence-electron chi connectivity index (χ0n) is 13.5. The normalized spacial score (nSPS) is 12.0. The van der Waals surface area contributed by atoms with Crippen LogP contribution in [0.3, 0.4) is 0 Å². The lowest BCUT2D eigenvalue weighted by molar-refractivity contribution is -0.120. The summed E-state index contributed by atoms with van der Waals surface area (Å²) in [5.41, 5.74) is 2.60. The van der Waals surface area contributed by atoms with E-state index in [1.54, 1.807) is 11.8 Å². The highest BCUT2D eigenvalue weighted by molar-refractivity contribution is 8.00. The second-order valence-electron chi connectivity index (χ2n) is 5.60. The van der Waals surface area contributed by atoms with Crippen molar-refractivity contribution in [3.05, 3.63) is 64.7 Å². The molecule has 122 valence electrons. The van der Waals surface area contributed by atoms with Crippen LogP contribution in [0.1, 0.15) is 24.5 Å². The molecule has 0 radical (unpaired) electrons. The highest BCUT2D eigenvalue weighted by Gasteiger charge is 2.13. The van der Waals surface area contributed by atoms with Crippen molar-refractivity contribution in [1.29, 1.82) is 0 Å². The molecule has 0 saturated heterocycles. The number of halogens is 1. The lowest BCUT2D eigenvalue weighted by Crippen LogP contribution is -2.31. The number of benzene rings is 2. The van der Waals surface area contributed by atoms with E-state index in [4.69, 9.17) is 11.6 Å². The van der Waals surface area contributed by atoms with Crippen LogP contribution in [0.15, 0.2) is 53.4 Å². The zero-order chi connectivity index (χ0) is 16.7. The maximum absolute atomic E-state index is 12.1. The van der Waals surface area contributed by atoms with Gasteiger partial charge in [-0.2, -0.15) is 0 Å². The summed E-state index contributed by atoms with van der Waals surface area (Å²) in [5.74, 6) is 0.0780. The molecule has 0 bridgehead atoms. The molecule has 2 rings (SSSR count). The first kappa shape index (κ1) is 17.9. The molecular weight excluding hydrogens is 326 g/mol. The van der Waals surface area contributed by atoms with Crippen LogP contribution in [0.2, 0.25) is 5.02 Å². The van der Waals surface area contributed by atoms with E-state index in [1.807, 2.05) is 31.2 Å². The average molecular weight is 348 g/mol. The SMILES string of the molecule is Cc1cccc(CCCNC(=O)[C@H](C)Sc2ccc(Cl)cc2)c1. The molecule has 0 unspecified atom stereocenters. The lowest BCUT2D eigenvalue weighted by Gasteiger charge is -2.12. The maximum Gasteiger partial charge on any atom is 0.233 e. The van der Waals surface area contributed by atoms with Crippen molar-refractivity contribution in [3.8, 4) is 0 Å². The standard InChI is InChI=1S/C19H22ClNOS/c1-14-5-3-6-16(13-14)7-4-12-21-19(22)15(2)23-18-10-8-17(20)9-11-18/h3,5-6,8-11,13,15H,4,7,12H2,1-2H3,(H,21,22)/t15-/m0/s1. The Labute approximate surface area is 147 Å². The molecule has 23 heavy (non-hydrogen) atoms. The van der Waals surface area contributed by atoms with Gasteiger partial charge in [0.15, 0.2) is 0 Å². The number of thioether (sulfide) groups is 1. The van der Waals surface area contributed by atoms with Gasteiger partial charge in [-0.15, -0.1) is 11.8 Å². The number of hydrogen-bond acceptors (Lipinski definition) is 2. The van der Waals surface area contributed by atoms with E-state index < -0.39 is 0 Å². The minimum absolute atomic E-state index is 0.0780. The topological polar surface area (TPSA) is 29.1 Å². The van der Waals surface area contributed by atoms with Gasteiger partial charge in [0.25, 0.3) is 0 Å². The first-order chi connectivity index (χ1) is 11.0.